The molecule has 6 nitrogen and oxygen atoms in total. The smallest absolute Gasteiger partial charge is 0.229 e. The number of anilines is 1. The Bertz CT molecular complexity index is 691. The van der Waals surface area contributed by atoms with Gasteiger partial charge in [0.1, 0.15) is 0 Å². The van der Waals surface area contributed by atoms with Crippen LogP contribution in [0.4, 0.5) is 5.69 Å². The molecule has 1 heterocycles. The van der Waals surface area contributed by atoms with Crippen LogP contribution in [0.25, 0.3) is 0 Å². The molecule has 1 saturated heterocycles. The number of piperidine rings is 1. The lowest BCUT2D eigenvalue weighted by molar-refractivity contribution is 0.365. The van der Waals surface area contributed by atoms with E-state index in [1.165, 1.54) is 24.3 Å². The Morgan fingerprint density at radius 3 is 2.23 bits per heavy atom. The molecule has 0 aliphatic carbocycles. The molecule has 1 aromatic carbocycles. The van der Waals surface area contributed by atoms with Crippen LogP contribution in [0.1, 0.15) is 19.3 Å². The highest BCUT2D eigenvalue weighted by molar-refractivity contribution is 7.92. The Morgan fingerprint density at radius 2 is 1.68 bits per heavy atom. The molecular weight excluding hydrogens is 324 g/mol. The summed E-state index contributed by atoms with van der Waals surface area (Å²) < 4.78 is 49.2. The molecule has 0 spiro atoms. The molecule has 0 amide bonds. The summed E-state index contributed by atoms with van der Waals surface area (Å²) in [4.78, 5) is 0.237. The second-order valence-corrected chi connectivity index (χ2v) is 9.56. The van der Waals surface area contributed by atoms with Crippen molar-refractivity contribution in [3.05, 3.63) is 24.3 Å². The van der Waals surface area contributed by atoms with Crippen molar-refractivity contribution in [1.29, 1.82) is 0 Å². The van der Waals surface area contributed by atoms with E-state index >= 15 is 0 Å². The van der Waals surface area contributed by atoms with Crippen LogP contribution in [0, 0.1) is 5.92 Å². The molecule has 1 aliphatic rings. The maximum absolute atomic E-state index is 12.3. The van der Waals surface area contributed by atoms with Crippen molar-refractivity contribution >= 4 is 25.5 Å². The van der Waals surface area contributed by atoms with Gasteiger partial charge in [0, 0.05) is 5.69 Å². The Morgan fingerprint density at radius 1 is 1.09 bits per heavy atom. The standard InChI is InChI=1S/C14H22N2O4S2/c1-21(17,18)16-13-2-4-14(5-3-13)22(19,20)11-8-12-6-9-15-10-7-12/h2-5,12,15-16H,6-11H2,1H3. The lowest BCUT2D eigenvalue weighted by atomic mass is 9.96. The number of hydrogen-bond donors (Lipinski definition) is 2. The maximum atomic E-state index is 12.3. The second kappa shape index (κ2) is 6.97. The third-order valence-electron chi connectivity index (χ3n) is 3.77. The molecule has 0 bridgehead atoms. The van der Waals surface area contributed by atoms with Gasteiger partial charge >= 0.3 is 0 Å². The van der Waals surface area contributed by atoms with E-state index in [2.05, 4.69) is 10.0 Å². The molecule has 0 unspecified atom stereocenters. The van der Waals surface area contributed by atoms with Crippen LogP contribution in [0.3, 0.4) is 0 Å². The Labute approximate surface area is 132 Å². The van der Waals surface area contributed by atoms with E-state index in [-0.39, 0.29) is 10.6 Å². The van der Waals surface area contributed by atoms with Crippen molar-refractivity contribution in [2.24, 2.45) is 5.92 Å². The average molecular weight is 346 g/mol. The molecule has 1 aromatic rings. The first-order chi connectivity index (χ1) is 10.3. The zero-order chi connectivity index (χ0) is 16.2. The molecule has 1 fully saturated rings. The third kappa shape index (κ3) is 5.26. The fourth-order valence-corrected chi connectivity index (χ4v) is 4.55. The molecule has 22 heavy (non-hydrogen) atoms. The summed E-state index contributed by atoms with van der Waals surface area (Å²) in [6.07, 6.45) is 3.77. The summed E-state index contributed by atoms with van der Waals surface area (Å²) in [5, 5.41) is 3.26. The van der Waals surface area contributed by atoms with Crippen LogP contribution in [-0.2, 0) is 19.9 Å². The van der Waals surface area contributed by atoms with E-state index in [1.54, 1.807) is 0 Å². The largest absolute Gasteiger partial charge is 0.317 e. The van der Waals surface area contributed by atoms with Gasteiger partial charge in [-0.05, 0) is 62.5 Å². The summed E-state index contributed by atoms with van der Waals surface area (Å²) >= 11 is 0. The van der Waals surface area contributed by atoms with E-state index < -0.39 is 19.9 Å². The lowest BCUT2D eigenvalue weighted by Crippen LogP contribution is -2.28. The number of rotatable bonds is 6. The van der Waals surface area contributed by atoms with Crippen LogP contribution in [0.2, 0.25) is 0 Å². The summed E-state index contributed by atoms with van der Waals surface area (Å²) in [5.41, 5.74) is 0.361. The predicted molar refractivity (Wildman–Crippen MR) is 87.2 cm³/mol. The van der Waals surface area contributed by atoms with Crippen LogP contribution in [-0.4, -0.2) is 41.9 Å². The number of hydrogen-bond acceptors (Lipinski definition) is 5. The molecule has 0 atom stereocenters. The summed E-state index contributed by atoms with van der Waals surface area (Å²) in [5.74, 6) is 0.596. The van der Waals surface area contributed by atoms with Crippen molar-refractivity contribution in [2.75, 3.05) is 29.8 Å². The van der Waals surface area contributed by atoms with E-state index in [0.29, 0.717) is 18.0 Å². The van der Waals surface area contributed by atoms with E-state index in [0.717, 1.165) is 32.2 Å². The minimum atomic E-state index is -3.36. The zero-order valence-corrected chi connectivity index (χ0v) is 14.2. The minimum Gasteiger partial charge on any atom is -0.317 e. The molecule has 2 N–H and O–H groups in total. The first-order valence-corrected chi connectivity index (χ1v) is 10.8. The Balaban J connectivity index is 1.99. The maximum Gasteiger partial charge on any atom is 0.229 e. The highest BCUT2D eigenvalue weighted by Crippen LogP contribution is 2.21. The van der Waals surface area contributed by atoms with Gasteiger partial charge in [-0.3, -0.25) is 4.72 Å². The van der Waals surface area contributed by atoms with Crippen molar-refractivity contribution < 1.29 is 16.8 Å². The van der Waals surface area contributed by atoms with Crippen molar-refractivity contribution in [2.45, 2.75) is 24.2 Å². The third-order valence-corrected chi connectivity index (χ3v) is 6.14. The average Bonchev–Trinajstić information content (AvgIpc) is 2.45. The van der Waals surface area contributed by atoms with Gasteiger partial charge in [-0.15, -0.1) is 0 Å². The minimum absolute atomic E-state index is 0.135. The molecule has 0 radical (unpaired) electrons. The number of sulfone groups is 1. The normalized spacial score (nSPS) is 17.3. The summed E-state index contributed by atoms with van der Waals surface area (Å²) in [7, 11) is -6.67. The van der Waals surface area contributed by atoms with Gasteiger partial charge in [0.15, 0.2) is 9.84 Å². The lowest BCUT2D eigenvalue weighted by Gasteiger charge is -2.22. The van der Waals surface area contributed by atoms with Gasteiger partial charge in [-0.1, -0.05) is 0 Å². The van der Waals surface area contributed by atoms with Crippen molar-refractivity contribution in [1.82, 2.24) is 5.32 Å². The highest BCUT2D eigenvalue weighted by Gasteiger charge is 2.19. The highest BCUT2D eigenvalue weighted by atomic mass is 32.2. The van der Waals surface area contributed by atoms with E-state index in [4.69, 9.17) is 0 Å². The van der Waals surface area contributed by atoms with Gasteiger partial charge in [0.05, 0.1) is 16.9 Å². The molecule has 8 heteroatoms. The van der Waals surface area contributed by atoms with Gasteiger partial charge in [0.2, 0.25) is 10.0 Å². The van der Waals surface area contributed by atoms with Gasteiger partial charge in [-0.2, -0.15) is 0 Å². The van der Waals surface area contributed by atoms with Gasteiger partial charge < -0.3 is 5.32 Å². The topological polar surface area (TPSA) is 92.3 Å². The zero-order valence-electron chi connectivity index (χ0n) is 12.6. The molecule has 0 aromatic heterocycles. The van der Waals surface area contributed by atoms with Crippen molar-refractivity contribution in [3.8, 4) is 0 Å². The van der Waals surface area contributed by atoms with Crippen molar-refractivity contribution in [3.63, 3.8) is 0 Å². The first kappa shape index (κ1) is 17.2. The van der Waals surface area contributed by atoms with Crippen LogP contribution in [0.5, 0.6) is 0 Å². The van der Waals surface area contributed by atoms with Crippen LogP contribution >= 0.6 is 0 Å². The first-order valence-electron chi connectivity index (χ1n) is 7.28. The SMILES string of the molecule is CS(=O)(=O)Nc1ccc(S(=O)(=O)CCC2CCNCC2)cc1. The Kier molecular flexibility index (Phi) is 5.46. The quantitative estimate of drug-likeness (QED) is 0.808. The van der Waals surface area contributed by atoms with Crippen LogP contribution < -0.4 is 10.0 Å². The van der Waals surface area contributed by atoms with E-state index in [1.807, 2.05) is 0 Å². The number of sulfonamides is 1. The predicted octanol–water partition coefficient (Wildman–Crippen LogP) is 1.22. The molecule has 2 rings (SSSR count). The van der Waals surface area contributed by atoms with Gasteiger partial charge in [-0.25, -0.2) is 16.8 Å². The fraction of sp³-hybridized carbons (Fsp3) is 0.571. The second-order valence-electron chi connectivity index (χ2n) is 5.70. The molecular formula is C14H22N2O4S2. The fourth-order valence-electron chi connectivity index (χ4n) is 2.55. The van der Waals surface area contributed by atoms with E-state index in [9.17, 15) is 16.8 Å². The van der Waals surface area contributed by atoms with Gasteiger partial charge in [0.25, 0.3) is 0 Å². The summed E-state index contributed by atoms with van der Waals surface area (Å²) in [6.45, 7) is 1.91. The Hall–Kier alpha value is -1.12. The monoisotopic (exact) mass is 346 g/mol. The van der Waals surface area contributed by atoms with Crippen LogP contribution in [0.15, 0.2) is 29.2 Å². The summed E-state index contributed by atoms with van der Waals surface area (Å²) in [6, 6.07) is 5.84. The molecule has 124 valence electrons. The molecule has 0 saturated carbocycles. The number of nitrogens with one attached hydrogen (secondary N) is 2. The molecule has 1 aliphatic heterocycles. The number of benzene rings is 1.